The summed E-state index contributed by atoms with van der Waals surface area (Å²) in [5, 5.41) is 0.810. The van der Waals surface area contributed by atoms with Gasteiger partial charge >= 0.3 is 0 Å². The molecule has 25 heavy (non-hydrogen) atoms. The first-order valence-corrected chi connectivity index (χ1v) is 9.81. The standard InChI is InChI=1S/C21H29ClN2O/c1-16-13-21(23-15-20(16)18-6-3-7-19(22)14-18)25-12-4-5-17-8-10-24(2)11-9-17/h3,7,13-15,17-18H,4-6,8-12H2,1-2H3. The summed E-state index contributed by atoms with van der Waals surface area (Å²) in [6, 6.07) is 2.06. The van der Waals surface area contributed by atoms with E-state index in [9.17, 15) is 0 Å². The molecule has 1 aliphatic carbocycles. The fraction of sp³-hybridized carbons (Fsp3) is 0.571. The lowest BCUT2D eigenvalue weighted by atomic mass is 9.91. The maximum Gasteiger partial charge on any atom is 0.213 e. The number of hydrogen-bond acceptors (Lipinski definition) is 3. The monoisotopic (exact) mass is 360 g/mol. The molecule has 1 atom stereocenters. The van der Waals surface area contributed by atoms with Crippen molar-refractivity contribution < 1.29 is 4.74 Å². The molecule has 1 saturated heterocycles. The molecule has 3 rings (SSSR count). The Morgan fingerprint density at radius 1 is 1.32 bits per heavy atom. The van der Waals surface area contributed by atoms with Gasteiger partial charge < -0.3 is 9.64 Å². The second kappa shape index (κ2) is 8.86. The third-order valence-corrected chi connectivity index (χ3v) is 5.65. The largest absolute Gasteiger partial charge is 0.478 e. The molecule has 136 valence electrons. The molecule has 0 bridgehead atoms. The fourth-order valence-corrected chi connectivity index (χ4v) is 4.01. The smallest absolute Gasteiger partial charge is 0.213 e. The lowest BCUT2D eigenvalue weighted by Gasteiger charge is -2.28. The summed E-state index contributed by atoms with van der Waals surface area (Å²) in [4.78, 5) is 6.93. The zero-order valence-corrected chi connectivity index (χ0v) is 16.1. The SMILES string of the molecule is Cc1cc(OCCCC2CCN(C)CC2)ncc1C1C=C(Cl)C=CC1. The van der Waals surface area contributed by atoms with Gasteiger partial charge in [0.25, 0.3) is 0 Å². The maximum atomic E-state index is 6.13. The summed E-state index contributed by atoms with van der Waals surface area (Å²) < 4.78 is 5.89. The van der Waals surface area contributed by atoms with Gasteiger partial charge in [0.05, 0.1) is 6.61 Å². The van der Waals surface area contributed by atoms with Crippen LogP contribution in [0, 0.1) is 12.8 Å². The second-order valence-electron chi connectivity index (χ2n) is 7.41. The minimum atomic E-state index is 0.323. The van der Waals surface area contributed by atoms with Crippen LogP contribution in [0.25, 0.3) is 0 Å². The predicted octanol–water partition coefficient (Wildman–Crippen LogP) is 5.06. The van der Waals surface area contributed by atoms with E-state index >= 15 is 0 Å². The average molecular weight is 361 g/mol. The van der Waals surface area contributed by atoms with Gasteiger partial charge in [0.1, 0.15) is 0 Å². The number of hydrogen-bond donors (Lipinski definition) is 0. The number of ether oxygens (including phenoxy) is 1. The zero-order chi connectivity index (χ0) is 17.6. The molecule has 0 spiro atoms. The third kappa shape index (κ3) is 5.32. The molecule has 0 N–H and O–H groups in total. The molecule has 1 unspecified atom stereocenters. The number of nitrogens with zero attached hydrogens (tertiary/aromatic N) is 2. The Hall–Kier alpha value is -1.32. The molecule has 2 heterocycles. The molecule has 0 amide bonds. The molecule has 1 aromatic heterocycles. The van der Waals surface area contributed by atoms with Crippen molar-refractivity contribution in [2.24, 2.45) is 5.92 Å². The van der Waals surface area contributed by atoms with Crippen LogP contribution in [0.2, 0.25) is 0 Å². The molecular formula is C21H29ClN2O. The summed E-state index contributed by atoms with van der Waals surface area (Å²) in [5.41, 5.74) is 2.46. The van der Waals surface area contributed by atoms with Crippen LogP contribution >= 0.6 is 11.6 Å². The average Bonchev–Trinajstić information content (AvgIpc) is 2.60. The summed E-state index contributed by atoms with van der Waals surface area (Å²) in [6.45, 7) is 5.36. The van der Waals surface area contributed by atoms with Gasteiger partial charge in [-0.1, -0.05) is 23.8 Å². The second-order valence-corrected chi connectivity index (χ2v) is 7.85. The molecular weight excluding hydrogens is 332 g/mol. The van der Waals surface area contributed by atoms with Gasteiger partial charge in [-0.2, -0.15) is 0 Å². The van der Waals surface area contributed by atoms with Gasteiger partial charge in [0, 0.05) is 23.2 Å². The Morgan fingerprint density at radius 2 is 2.12 bits per heavy atom. The molecule has 1 aromatic rings. The first-order chi connectivity index (χ1) is 12.1. The van der Waals surface area contributed by atoms with E-state index in [4.69, 9.17) is 16.3 Å². The van der Waals surface area contributed by atoms with E-state index in [1.165, 1.54) is 43.5 Å². The Kier molecular flexibility index (Phi) is 6.55. The first-order valence-electron chi connectivity index (χ1n) is 9.43. The van der Waals surface area contributed by atoms with Crippen molar-refractivity contribution in [2.75, 3.05) is 26.7 Å². The number of allylic oxidation sites excluding steroid dienone is 4. The van der Waals surface area contributed by atoms with E-state index in [1.807, 2.05) is 12.3 Å². The van der Waals surface area contributed by atoms with Crippen molar-refractivity contribution in [3.05, 3.63) is 46.7 Å². The fourth-order valence-electron chi connectivity index (χ4n) is 3.77. The molecule has 4 heteroatoms. The number of aryl methyl sites for hydroxylation is 1. The molecule has 0 aromatic carbocycles. The van der Waals surface area contributed by atoms with Crippen LogP contribution in [0.5, 0.6) is 5.88 Å². The predicted molar refractivity (Wildman–Crippen MR) is 104 cm³/mol. The minimum absolute atomic E-state index is 0.323. The summed E-state index contributed by atoms with van der Waals surface area (Å²) in [5.74, 6) is 1.93. The van der Waals surface area contributed by atoms with Gasteiger partial charge in [-0.15, -0.1) is 0 Å². The van der Waals surface area contributed by atoms with Crippen molar-refractivity contribution in [1.29, 1.82) is 0 Å². The molecule has 1 fully saturated rings. The Labute approximate surface area is 156 Å². The number of rotatable bonds is 6. The summed E-state index contributed by atoms with van der Waals surface area (Å²) >= 11 is 6.13. The molecule has 0 radical (unpaired) electrons. The maximum absolute atomic E-state index is 6.13. The van der Waals surface area contributed by atoms with Gasteiger partial charge in [0.15, 0.2) is 0 Å². The Bertz CT molecular complexity index is 633. The van der Waals surface area contributed by atoms with E-state index in [1.54, 1.807) is 0 Å². The van der Waals surface area contributed by atoms with Gasteiger partial charge in [0.2, 0.25) is 5.88 Å². The van der Waals surface area contributed by atoms with E-state index < -0.39 is 0 Å². The Morgan fingerprint density at radius 3 is 2.84 bits per heavy atom. The van der Waals surface area contributed by atoms with Gasteiger partial charge in [-0.3, -0.25) is 0 Å². The van der Waals surface area contributed by atoms with Crippen molar-refractivity contribution in [1.82, 2.24) is 9.88 Å². The van der Waals surface area contributed by atoms with Gasteiger partial charge in [-0.25, -0.2) is 4.98 Å². The van der Waals surface area contributed by atoms with Gasteiger partial charge in [-0.05, 0) is 82.3 Å². The van der Waals surface area contributed by atoms with Crippen molar-refractivity contribution >= 4 is 11.6 Å². The molecule has 2 aliphatic rings. The van der Waals surface area contributed by atoms with Crippen LogP contribution in [-0.2, 0) is 0 Å². The molecule has 0 saturated carbocycles. The van der Waals surface area contributed by atoms with E-state index in [0.717, 1.165) is 36.3 Å². The highest BCUT2D eigenvalue weighted by atomic mass is 35.5. The van der Waals surface area contributed by atoms with Crippen molar-refractivity contribution in [2.45, 2.75) is 44.9 Å². The number of pyridine rings is 1. The minimum Gasteiger partial charge on any atom is -0.478 e. The van der Waals surface area contributed by atoms with Crippen LogP contribution in [0.3, 0.4) is 0 Å². The normalized spacial score (nSPS) is 22.0. The van der Waals surface area contributed by atoms with Crippen LogP contribution in [-0.4, -0.2) is 36.6 Å². The third-order valence-electron chi connectivity index (χ3n) is 5.40. The number of likely N-dealkylation sites (tertiary alicyclic amines) is 1. The lowest BCUT2D eigenvalue weighted by molar-refractivity contribution is 0.199. The van der Waals surface area contributed by atoms with Crippen LogP contribution in [0.15, 0.2) is 35.5 Å². The number of piperidine rings is 1. The number of halogens is 1. The zero-order valence-electron chi connectivity index (χ0n) is 15.4. The Balaban J connectivity index is 1.46. The summed E-state index contributed by atoms with van der Waals surface area (Å²) in [6.07, 6.45) is 14.2. The highest BCUT2D eigenvalue weighted by molar-refractivity contribution is 6.31. The quantitative estimate of drug-likeness (QED) is 0.663. The van der Waals surface area contributed by atoms with E-state index in [0.29, 0.717) is 5.92 Å². The van der Waals surface area contributed by atoms with Crippen molar-refractivity contribution in [3.8, 4) is 5.88 Å². The van der Waals surface area contributed by atoms with Crippen LogP contribution in [0.4, 0.5) is 0 Å². The van der Waals surface area contributed by atoms with E-state index in [2.05, 4.69) is 42.1 Å². The van der Waals surface area contributed by atoms with Crippen molar-refractivity contribution in [3.63, 3.8) is 0 Å². The molecule has 1 aliphatic heterocycles. The first kappa shape index (κ1) is 18.5. The molecule has 3 nitrogen and oxygen atoms in total. The number of aromatic nitrogens is 1. The van der Waals surface area contributed by atoms with Crippen LogP contribution < -0.4 is 4.74 Å². The van der Waals surface area contributed by atoms with Crippen LogP contribution in [0.1, 0.15) is 49.1 Å². The summed E-state index contributed by atoms with van der Waals surface area (Å²) in [7, 11) is 2.21. The highest BCUT2D eigenvalue weighted by Crippen LogP contribution is 2.31. The highest BCUT2D eigenvalue weighted by Gasteiger charge is 2.17. The van der Waals surface area contributed by atoms with E-state index in [-0.39, 0.29) is 0 Å². The topological polar surface area (TPSA) is 25.4 Å². The lowest BCUT2D eigenvalue weighted by Crippen LogP contribution is -2.30.